The van der Waals surface area contributed by atoms with E-state index in [-0.39, 0.29) is 6.04 Å². The van der Waals surface area contributed by atoms with Crippen molar-refractivity contribution in [1.29, 1.82) is 0 Å². The van der Waals surface area contributed by atoms with Gasteiger partial charge in [-0.05, 0) is 19.4 Å². The molecule has 0 fully saturated rings. The van der Waals surface area contributed by atoms with Crippen LogP contribution in [0.25, 0.3) is 0 Å². The Morgan fingerprint density at radius 1 is 1.65 bits per heavy atom. The second kappa shape index (κ2) is 8.79. The van der Waals surface area contributed by atoms with E-state index >= 15 is 0 Å². The van der Waals surface area contributed by atoms with Crippen molar-refractivity contribution in [2.24, 2.45) is 4.99 Å². The number of aromatic nitrogens is 3. The average molecular weight is 275 g/mol. The van der Waals surface area contributed by atoms with Gasteiger partial charge >= 0.3 is 0 Å². The minimum absolute atomic E-state index is 0.217. The molecule has 0 radical (unpaired) electrons. The van der Waals surface area contributed by atoms with E-state index in [1.807, 2.05) is 6.92 Å². The quantitative estimate of drug-likeness (QED) is 0.342. The molecule has 6 heteroatoms. The zero-order valence-electron chi connectivity index (χ0n) is 12.0. The van der Waals surface area contributed by atoms with Crippen molar-refractivity contribution in [1.82, 2.24) is 20.1 Å². The predicted molar refractivity (Wildman–Crippen MR) is 79.3 cm³/mol. The van der Waals surface area contributed by atoms with Crippen molar-refractivity contribution in [3.05, 3.63) is 37.1 Å². The van der Waals surface area contributed by atoms with Gasteiger partial charge in [-0.3, -0.25) is 4.79 Å². The Kier molecular flexibility index (Phi) is 6.95. The van der Waals surface area contributed by atoms with Crippen LogP contribution in [0.15, 0.2) is 36.3 Å². The number of amides is 1. The summed E-state index contributed by atoms with van der Waals surface area (Å²) in [6, 6.07) is -0.217. The van der Waals surface area contributed by atoms with Gasteiger partial charge in [0, 0.05) is 12.6 Å². The van der Waals surface area contributed by atoms with E-state index in [9.17, 15) is 4.79 Å². The lowest BCUT2D eigenvalue weighted by Gasteiger charge is -2.13. The van der Waals surface area contributed by atoms with Gasteiger partial charge in [0.25, 0.3) is 0 Å². The van der Waals surface area contributed by atoms with Crippen LogP contribution in [0.2, 0.25) is 0 Å². The Morgan fingerprint density at radius 2 is 2.45 bits per heavy atom. The maximum atomic E-state index is 10.6. The van der Waals surface area contributed by atoms with Crippen molar-refractivity contribution in [3.63, 3.8) is 0 Å². The summed E-state index contributed by atoms with van der Waals surface area (Å²) >= 11 is 0. The Hall–Kier alpha value is -2.24. The highest BCUT2D eigenvalue weighted by Crippen LogP contribution is 2.10. The number of hydrogen-bond acceptors (Lipinski definition) is 4. The predicted octanol–water partition coefficient (Wildman–Crippen LogP) is 2.22. The Labute approximate surface area is 119 Å². The number of carbonyl (C=O) groups excluding carboxylic acids is 1. The lowest BCUT2D eigenvalue weighted by molar-refractivity contribution is -0.110. The molecule has 1 unspecified atom stereocenters. The summed E-state index contributed by atoms with van der Waals surface area (Å²) in [5.41, 5.74) is 0. The summed E-state index contributed by atoms with van der Waals surface area (Å²) in [5.74, 6) is 1.47. The maximum absolute atomic E-state index is 10.6. The fourth-order valence-corrected chi connectivity index (χ4v) is 1.67. The zero-order chi connectivity index (χ0) is 14.8. The first-order valence-electron chi connectivity index (χ1n) is 6.68. The Balaban J connectivity index is 3.04. The first-order valence-corrected chi connectivity index (χ1v) is 6.68. The van der Waals surface area contributed by atoms with Crippen LogP contribution in [0, 0.1) is 0 Å². The van der Waals surface area contributed by atoms with Crippen molar-refractivity contribution >= 4 is 12.2 Å². The molecule has 0 saturated carbocycles. The van der Waals surface area contributed by atoms with Crippen LogP contribution >= 0.6 is 0 Å². The highest BCUT2D eigenvalue weighted by Gasteiger charge is 2.15. The summed E-state index contributed by atoms with van der Waals surface area (Å²) < 4.78 is 1.68. The SMILES string of the molecule is C=C/C=C\N=C(CCCC)n1ncnc1C(C)NC=O. The Bertz CT molecular complexity index is 490. The van der Waals surface area contributed by atoms with E-state index in [1.165, 1.54) is 6.33 Å². The number of hydrogen-bond donors (Lipinski definition) is 1. The molecule has 1 aromatic rings. The number of nitrogens with one attached hydrogen (secondary N) is 1. The molecular weight excluding hydrogens is 254 g/mol. The van der Waals surface area contributed by atoms with Gasteiger partial charge in [-0.25, -0.2) is 14.7 Å². The maximum Gasteiger partial charge on any atom is 0.207 e. The van der Waals surface area contributed by atoms with Crippen LogP contribution in [0.4, 0.5) is 0 Å². The number of allylic oxidation sites excluding steroid dienone is 2. The van der Waals surface area contributed by atoms with Crippen LogP contribution in [0.1, 0.15) is 45.0 Å². The molecule has 0 spiro atoms. The standard InChI is InChI=1S/C14H21N5O/c1-4-6-8-13(15-9-7-5-2)19-14(16-10-18-19)12(3)17-11-20/h5,7,9-12H,2,4,6,8H2,1,3H3,(H,17,20)/b9-7-,15-13?. The molecule has 0 aliphatic heterocycles. The highest BCUT2D eigenvalue weighted by atomic mass is 16.1. The first kappa shape index (κ1) is 15.8. The molecule has 1 rings (SSSR count). The first-order chi connectivity index (χ1) is 9.74. The van der Waals surface area contributed by atoms with E-state index in [1.54, 1.807) is 23.0 Å². The van der Waals surface area contributed by atoms with E-state index in [4.69, 9.17) is 0 Å². The lowest BCUT2D eigenvalue weighted by Crippen LogP contribution is -2.24. The highest BCUT2D eigenvalue weighted by molar-refractivity contribution is 5.84. The third-order valence-corrected chi connectivity index (χ3v) is 2.72. The third kappa shape index (κ3) is 4.46. The molecule has 1 amide bonds. The number of aliphatic imine (C=N–C) groups is 1. The lowest BCUT2D eigenvalue weighted by atomic mass is 10.2. The smallest absolute Gasteiger partial charge is 0.207 e. The van der Waals surface area contributed by atoms with E-state index in [0.29, 0.717) is 12.2 Å². The molecule has 6 nitrogen and oxygen atoms in total. The van der Waals surface area contributed by atoms with E-state index in [0.717, 1.165) is 25.1 Å². The summed E-state index contributed by atoms with van der Waals surface area (Å²) in [6.45, 7) is 7.59. The van der Waals surface area contributed by atoms with Crippen LogP contribution in [0.3, 0.4) is 0 Å². The van der Waals surface area contributed by atoms with Crippen LogP contribution in [0.5, 0.6) is 0 Å². The minimum Gasteiger partial charge on any atom is -0.349 e. The molecule has 1 aromatic heterocycles. The fraction of sp³-hybridized carbons (Fsp3) is 0.429. The van der Waals surface area contributed by atoms with Gasteiger partial charge in [0.1, 0.15) is 12.2 Å². The minimum atomic E-state index is -0.217. The molecule has 1 N–H and O–H groups in total. The molecule has 0 bridgehead atoms. The van der Waals surface area contributed by atoms with E-state index < -0.39 is 0 Å². The van der Waals surface area contributed by atoms with Gasteiger partial charge in [-0.1, -0.05) is 26.0 Å². The largest absolute Gasteiger partial charge is 0.349 e. The van der Waals surface area contributed by atoms with Gasteiger partial charge in [-0.15, -0.1) is 0 Å². The van der Waals surface area contributed by atoms with Gasteiger partial charge in [-0.2, -0.15) is 5.10 Å². The number of rotatable bonds is 8. The average Bonchev–Trinajstić information content (AvgIpc) is 2.92. The number of carbonyl (C=O) groups is 1. The number of unbranched alkanes of at least 4 members (excludes halogenated alkanes) is 1. The van der Waals surface area contributed by atoms with Crippen molar-refractivity contribution in [2.75, 3.05) is 0 Å². The molecular formula is C14H21N5O. The van der Waals surface area contributed by atoms with Gasteiger partial charge in [0.2, 0.25) is 6.41 Å². The molecule has 20 heavy (non-hydrogen) atoms. The Morgan fingerprint density at radius 3 is 3.10 bits per heavy atom. The third-order valence-electron chi connectivity index (χ3n) is 2.72. The van der Waals surface area contributed by atoms with Crippen LogP contribution in [-0.4, -0.2) is 27.0 Å². The van der Waals surface area contributed by atoms with Gasteiger partial charge in [0.05, 0.1) is 6.04 Å². The van der Waals surface area contributed by atoms with Crippen LogP contribution in [-0.2, 0) is 4.79 Å². The zero-order valence-corrected chi connectivity index (χ0v) is 12.0. The molecule has 0 aliphatic rings. The molecule has 0 saturated heterocycles. The molecule has 1 heterocycles. The summed E-state index contributed by atoms with van der Waals surface area (Å²) in [7, 11) is 0. The van der Waals surface area contributed by atoms with Crippen molar-refractivity contribution in [3.8, 4) is 0 Å². The van der Waals surface area contributed by atoms with Gasteiger partial charge < -0.3 is 5.32 Å². The second-order valence-electron chi connectivity index (χ2n) is 4.26. The fourth-order valence-electron chi connectivity index (χ4n) is 1.67. The monoisotopic (exact) mass is 275 g/mol. The van der Waals surface area contributed by atoms with E-state index in [2.05, 4.69) is 33.9 Å². The van der Waals surface area contributed by atoms with Crippen molar-refractivity contribution < 1.29 is 4.79 Å². The number of nitrogens with zero attached hydrogens (tertiary/aromatic N) is 4. The second-order valence-corrected chi connectivity index (χ2v) is 4.26. The van der Waals surface area contributed by atoms with Crippen molar-refractivity contribution in [2.45, 2.75) is 39.2 Å². The molecule has 108 valence electrons. The molecule has 1 atom stereocenters. The van der Waals surface area contributed by atoms with Gasteiger partial charge in [0.15, 0.2) is 5.82 Å². The molecule has 0 aliphatic carbocycles. The summed E-state index contributed by atoms with van der Waals surface area (Å²) in [4.78, 5) is 19.2. The normalized spacial score (nSPS) is 13.4. The summed E-state index contributed by atoms with van der Waals surface area (Å²) in [5, 5.41) is 6.88. The summed E-state index contributed by atoms with van der Waals surface area (Å²) in [6.07, 6.45) is 10.1. The topological polar surface area (TPSA) is 72.2 Å². The molecule has 0 aromatic carbocycles. The van der Waals surface area contributed by atoms with Crippen LogP contribution < -0.4 is 5.32 Å².